The van der Waals surface area contributed by atoms with Gasteiger partial charge in [0.25, 0.3) is 0 Å². The molecule has 2 heterocycles. The van der Waals surface area contributed by atoms with E-state index in [0.29, 0.717) is 23.4 Å². The van der Waals surface area contributed by atoms with Crippen LogP contribution in [0.25, 0.3) is 17.0 Å². The number of nitrogens with one attached hydrogen (secondary N) is 1. The monoisotopic (exact) mass is 376 g/mol. The summed E-state index contributed by atoms with van der Waals surface area (Å²) in [7, 11) is 2.01. The number of ether oxygens (including phenoxy) is 1. The zero-order valence-electron chi connectivity index (χ0n) is 16.2. The number of aromatic hydroxyl groups is 1. The maximum absolute atomic E-state index is 12.9. The topological polar surface area (TPSA) is 65.6 Å². The number of hydrogen-bond acceptors (Lipinski definition) is 4. The van der Waals surface area contributed by atoms with Crippen molar-refractivity contribution in [2.75, 3.05) is 13.6 Å². The third kappa shape index (κ3) is 3.29. The molecule has 0 spiro atoms. The summed E-state index contributed by atoms with van der Waals surface area (Å²) in [5.41, 5.74) is 3.07. The molecule has 0 unspecified atom stereocenters. The van der Waals surface area contributed by atoms with E-state index in [1.807, 2.05) is 37.5 Å². The van der Waals surface area contributed by atoms with Crippen molar-refractivity contribution in [2.24, 2.45) is 0 Å². The van der Waals surface area contributed by atoms with Crippen molar-refractivity contribution in [3.05, 3.63) is 65.0 Å². The Bertz CT molecular complexity index is 1060. The van der Waals surface area contributed by atoms with E-state index in [-0.39, 0.29) is 17.3 Å². The number of benzene rings is 2. The van der Waals surface area contributed by atoms with Crippen LogP contribution in [-0.2, 0) is 6.54 Å². The first kappa shape index (κ1) is 18.3. The van der Waals surface area contributed by atoms with Gasteiger partial charge in [0.15, 0.2) is 5.76 Å². The fourth-order valence-electron chi connectivity index (χ4n) is 3.58. The molecular formula is C23H24N2O3. The molecule has 144 valence electrons. The maximum atomic E-state index is 12.9. The van der Waals surface area contributed by atoms with Crippen LogP contribution in [0.1, 0.15) is 41.3 Å². The SMILES string of the molecule is CCCCN(C)Cc1c(O)ccc2c1O/C(=C\c1c[nH]c3ccccc13)C2=O. The molecule has 0 amide bonds. The molecule has 0 radical (unpaired) electrons. The Kier molecular flexibility index (Phi) is 4.92. The summed E-state index contributed by atoms with van der Waals surface area (Å²) in [4.78, 5) is 18.2. The van der Waals surface area contributed by atoms with Gasteiger partial charge in [-0.3, -0.25) is 4.79 Å². The van der Waals surface area contributed by atoms with Crippen LogP contribution in [0.4, 0.5) is 0 Å². The Morgan fingerprint density at radius 3 is 2.86 bits per heavy atom. The molecule has 1 aromatic heterocycles. The number of aromatic nitrogens is 1. The zero-order valence-corrected chi connectivity index (χ0v) is 16.2. The van der Waals surface area contributed by atoms with Gasteiger partial charge in [0, 0.05) is 29.2 Å². The number of H-pyrrole nitrogens is 1. The van der Waals surface area contributed by atoms with Crippen LogP contribution in [0.15, 0.2) is 48.4 Å². The number of allylic oxidation sites excluding steroid dienone is 1. The molecule has 5 heteroatoms. The highest BCUT2D eigenvalue weighted by Gasteiger charge is 2.31. The smallest absolute Gasteiger partial charge is 0.231 e. The number of hydrogen-bond donors (Lipinski definition) is 2. The number of fused-ring (bicyclic) bond motifs is 2. The van der Waals surface area contributed by atoms with E-state index in [2.05, 4.69) is 16.8 Å². The summed E-state index contributed by atoms with van der Waals surface area (Å²) >= 11 is 0. The third-order valence-corrected chi connectivity index (χ3v) is 5.15. The van der Waals surface area contributed by atoms with Crippen LogP contribution in [0.2, 0.25) is 0 Å². The lowest BCUT2D eigenvalue weighted by molar-refractivity contribution is 0.101. The van der Waals surface area contributed by atoms with Crippen molar-refractivity contribution in [3.63, 3.8) is 0 Å². The van der Waals surface area contributed by atoms with Gasteiger partial charge in [-0.25, -0.2) is 0 Å². The summed E-state index contributed by atoms with van der Waals surface area (Å²) in [5, 5.41) is 11.4. The molecule has 5 nitrogen and oxygen atoms in total. The van der Waals surface area contributed by atoms with Crippen LogP contribution >= 0.6 is 0 Å². The minimum absolute atomic E-state index is 0.155. The van der Waals surface area contributed by atoms with Gasteiger partial charge >= 0.3 is 0 Å². The van der Waals surface area contributed by atoms with Crippen molar-refractivity contribution in [1.82, 2.24) is 9.88 Å². The van der Waals surface area contributed by atoms with E-state index < -0.39 is 0 Å². The van der Waals surface area contributed by atoms with Crippen LogP contribution in [-0.4, -0.2) is 34.4 Å². The molecule has 0 fully saturated rings. The molecule has 1 aliphatic rings. The first-order valence-electron chi connectivity index (χ1n) is 9.62. The quantitative estimate of drug-likeness (QED) is 0.611. The Balaban J connectivity index is 1.67. The summed E-state index contributed by atoms with van der Waals surface area (Å²) in [6.07, 6.45) is 5.82. The second kappa shape index (κ2) is 7.52. The van der Waals surface area contributed by atoms with E-state index >= 15 is 0 Å². The van der Waals surface area contributed by atoms with Crippen molar-refractivity contribution in [1.29, 1.82) is 0 Å². The number of unbranched alkanes of at least 4 members (excludes halogenated alkanes) is 1. The molecule has 28 heavy (non-hydrogen) atoms. The highest BCUT2D eigenvalue weighted by molar-refractivity contribution is 6.15. The van der Waals surface area contributed by atoms with Gasteiger partial charge in [0.1, 0.15) is 11.5 Å². The van der Waals surface area contributed by atoms with Crippen LogP contribution in [0.5, 0.6) is 11.5 Å². The molecule has 0 bridgehead atoms. The van der Waals surface area contributed by atoms with Gasteiger partial charge < -0.3 is 19.7 Å². The molecule has 3 aromatic rings. The number of carbonyl (C=O) groups excluding carboxylic acids is 1. The standard InChI is InChI=1S/C23H24N2O3/c1-3-4-11-25(2)14-18-20(26)10-9-17-22(27)21(28-23(17)18)12-15-13-24-19-8-6-5-7-16(15)19/h5-10,12-13,24,26H,3-4,11,14H2,1-2H3/b21-12-. The summed E-state index contributed by atoms with van der Waals surface area (Å²) in [6.45, 7) is 3.60. The van der Waals surface area contributed by atoms with E-state index in [1.54, 1.807) is 18.2 Å². The second-order valence-corrected chi connectivity index (χ2v) is 7.26. The van der Waals surface area contributed by atoms with E-state index in [1.165, 1.54) is 0 Å². The Labute approximate surface area is 164 Å². The highest BCUT2D eigenvalue weighted by atomic mass is 16.5. The zero-order chi connectivity index (χ0) is 19.7. The van der Waals surface area contributed by atoms with E-state index in [9.17, 15) is 9.90 Å². The summed E-state index contributed by atoms with van der Waals surface area (Å²) in [5.74, 6) is 0.753. The largest absolute Gasteiger partial charge is 0.507 e. The average molecular weight is 376 g/mol. The predicted molar refractivity (Wildman–Crippen MR) is 111 cm³/mol. The van der Waals surface area contributed by atoms with Crippen LogP contribution in [0, 0.1) is 0 Å². The molecule has 1 aliphatic heterocycles. The highest BCUT2D eigenvalue weighted by Crippen LogP contribution is 2.40. The van der Waals surface area contributed by atoms with Gasteiger partial charge in [0.2, 0.25) is 5.78 Å². The molecule has 0 saturated carbocycles. The summed E-state index contributed by atoms with van der Waals surface area (Å²) in [6, 6.07) is 11.1. The Hall–Kier alpha value is -3.05. The molecular weight excluding hydrogens is 352 g/mol. The van der Waals surface area contributed by atoms with Gasteiger partial charge in [-0.05, 0) is 44.3 Å². The number of carbonyl (C=O) groups is 1. The van der Waals surface area contributed by atoms with Gasteiger partial charge in [-0.1, -0.05) is 31.5 Å². The number of nitrogens with zero attached hydrogens (tertiary/aromatic N) is 1. The number of ketones is 1. The molecule has 2 N–H and O–H groups in total. The lowest BCUT2D eigenvalue weighted by Gasteiger charge is -2.18. The molecule has 4 rings (SSSR count). The predicted octanol–water partition coefficient (Wildman–Crippen LogP) is 4.72. The number of Topliss-reactive ketones (excluding diaryl/α,β-unsaturated/α-hetero) is 1. The van der Waals surface area contributed by atoms with Crippen LogP contribution in [0.3, 0.4) is 0 Å². The fraction of sp³-hybridized carbons (Fsp3) is 0.261. The first-order valence-corrected chi connectivity index (χ1v) is 9.62. The van der Waals surface area contributed by atoms with E-state index in [0.717, 1.165) is 35.9 Å². The number of para-hydroxylation sites is 1. The molecule has 0 saturated heterocycles. The maximum Gasteiger partial charge on any atom is 0.231 e. The Morgan fingerprint density at radius 2 is 2.04 bits per heavy atom. The van der Waals surface area contributed by atoms with Crippen molar-refractivity contribution < 1.29 is 14.6 Å². The number of phenolic OH excluding ortho intramolecular Hbond substituents is 1. The molecule has 0 aliphatic carbocycles. The lowest BCUT2D eigenvalue weighted by Crippen LogP contribution is -2.19. The van der Waals surface area contributed by atoms with Crippen molar-refractivity contribution in [3.8, 4) is 11.5 Å². The summed E-state index contributed by atoms with van der Waals surface area (Å²) < 4.78 is 5.97. The minimum Gasteiger partial charge on any atom is -0.507 e. The molecule has 0 atom stereocenters. The second-order valence-electron chi connectivity index (χ2n) is 7.26. The number of phenols is 1. The normalized spacial score (nSPS) is 14.8. The Morgan fingerprint density at radius 1 is 1.21 bits per heavy atom. The van der Waals surface area contributed by atoms with Gasteiger partial charge in [-0.15, -0.1) is 0 Å². The van der Waals surface area contributed by atoms with Crippen molar-refractivity contribution in [2.45, 2.75) is 26.3 Å². The minimum atomic E-state index is -0.155. The van der Waals surface area contributed by atoms with Gasteiger partial charge in [0.05, 0.1) is 11.1 Å². The van der Waals surface area contributed by atoms with Crippen LogP contribution < -0.4 is 4.74 Å². The van der Waals surface area contributed by atoms with Gasteiger partial charge in [-0.2, -0.15) is 0 Å². The first-order chi connectivity index (χ1) is 13.6. The molecule has 2 aromatic carbocycles. The average Bonchev–Trinajstić information content (AvgIpc) is 3.24. The number of aromatic amines is 1. The number of rotatable bonds is 6. The third-order valence-electron chi connectivity index (χ3n) is 5.15. The van der Waals surface area contributed by atoms with E-state index in [4.69, 9.17) is 4.74 Å². The fourth-order valence-corrected chi connectivity index (χ4v) is 3.58. The lowest BCUT2D eigenvalue weighted by atomic mass is 10.0. The van der Waals surface area contributed by atoms with Crippen molar-refractivity contribution >= 4 is 22.8 Å².